The average molecular weight is 395 g/mol. The van der Waals surface area contributed by atoms with Crippen LogP contribution in [0.1, 0.15) is 11.1 Å². The Kier molecular flexibility index (Phi) is 5.20. The van der Waals surface area contributed by atoms with Crippen molar-refractivity contribution in [2.75, 3.05) is 7.11 Å². The van der Waals surface area contributed by atoms with Gasteiger partial charge in [-0.1, -0.05) is 29.3 Å². The van der Waals surface area contributed by atoms with Gasteiger partial charge in [-0.05, 0) is 41.1 Å². The summed E-state index contributed by atoms with van der Waals surface area (Å²) in [5, 5.41) is 8.61. The topological polar surface area (TPSA) is 71.2 Å². The summed E-state index contributed by atoms with van der Waals surface area (Å²) >= 11 is 12.4. The van der Waals surface area contributed by atoms with E-state index in [1.165, 1.54) is 18.8 Å². The third-order valence-corrected chi connectivity index (χ3v) is 4.57. The number of aromatic nitrogens is 4. The van der Waals surface area contributed by atoms with Crippen LogP contribution in [-0.4, -0.2) is 26.9 Å². The summed E-state index contributed by atoms with van der Waals surface area (Å²) in [6.45, 7) is 1.96. The fourth-order valence-corrected chi connectivity index (χ4v) is 2.87. The fraction of sp³-hybridized carbons (Fsp3) is 0.235. The van der Waals surface area contributed by atoms with Crippen LogP contribution in [0.3, 0.4) is 0 Å². The molecular formula is C17H16Cl2N4O3. The minimum atomic E-state index is -0.379. The second-order valence-electron chi connectivity index (χ2n) is 5.58. The molecular weight excluding hydrogens is 379 g/mol. The molecule has 0 spiro atoms. The third-order valence-electron chi connectivity index (χ3n) is 3.86. The number of halogens is 2. The molecule has 136 valence electrons. The van der Waals surface area contributed by atoms with Gasteiger partial charge in [0.1, 0.15) is 18.1 Å². The highest BCUT2D eigenvalue weighted by atomic mass is 35.5. The zero-order valence-electron chi connectivity index (χ0n) is 14.4. The number of methoxy groups -OCH3 is 1. The Balaban J connectivity index is 2.01. The van der Waals surface area contributed by atoms with Crippen molar-refractivity contribution in [2.45, 2.75) is 13.5 Å². The first kappa shape index (κ1) is 18.3. The summed E-state index contributed by atoms with van der Waals surface area (Å²) in [6, 6.07) is 8.65. The molecule has 0 aliphatic rings. The predicted molar refractivity (Wildman–Crippen MR) is 98.7 cm³/mol. The second-order valence-corrected chi connectivity index (χ2v) is 6.39. The minimum absolute atomic E-state index is 0.0987. The summed E-state index contributed by atoms with van der Waals surface area (Å²) in [7, 11) is 3.06. The van der Waals surface area contributed by atoms with Crippen LogP contribution < -0.4 is 15.2 Å². The zero-order valence-corrected chi connectivity index (χ0v) is 15.9. The maximum absolute atomic E-state index is 12.2. The van der Waals surface area contributed by atoms with Gasteiger partial charge in [-0.3, -0.25) is 0 Å². The second kappa shape index (κ2) is 7.39. The number of benzene rings is 2. The van der Waals surface area contributed by atoms with Crippen LogP contribution in [-0.2, 0) is 13.7 Å². The Labute approximate surface area is 159 Å². The van der Waals surface area contributed by atoms with Gasteiger partial charge in [-0.25, -0.2) is 4.79 Å². The first-order valence-corrected chi connectivity index (χ1v) is 8.41. The third kappa shape index (κ3) is 3.40. The van der Waals surface area contributed by atoms with Gasteiger partial charge in [0, 0.05) is 18.1 Å². The van der Waals surface area contributed by atoms with E-state index in [-0.39, 0.29) is 12.3 Å². The van der Waals surface area contributed by atoms with Gasteiger partial charge in [0.05, 0.1) is 23.4 Å². The molecule has 0 saturated heterocycles. The van der Waals surface area contributed by atoms with Crippen LogP contribution >= 0.6 is 23.2 Å². The molecule has 0 atom stereocenters. The molecule has 0 radical (unpaired) electrons. The Bertz CT molecular complexity index is 1010. The van der Waals surface area contributed by atoms with Crippen molar-refractivity contribution in [1.82, 2.24) is 19.8 Å². The molecule has 2 aromatic carbocycles. The van der Waals surface area contributed by atoms with Crippen LogP contribution in [0.4, 0.5) is 0 Å². The SMILES string of the molecule is COc1cccc(-n2nnn(C)c2=O)c1COc1cc(Cl)c(C)cc1Cl. The molecule has 0 N–H and O–H groups in total. The predicted octanol–water partition coefficient (Wildman–Crippen LogP) is 3.17. The van der Waals surface area contributed by atoms with E-state index in [1.807, 2.05) is 6.92 Å². The van der Waals surface area contributed by atoms with Crippen LogP contribution in [0.25, 0.3) is 5.69 Å². The molecule has 1 heterocycles. The highest BCUT2D eigenvalue weighted by Gasteiger charge is 2.16. The lowest BCUT2D eigenvalue weighted by Crippen LogP contribution is -2.23. The highest BCUT2D eigenvalue weighted by Crippen LogP contribution is 2.33. The molecule has 0 aliphatic heterocycles. The lowest BCUT2D eigenvalue weighted by Gasteiger charge is -2.15. The molecule has 3 rings (SSSR count). The van der Waals surface area contributed by atoms with E-state index in [1.54, 1.807) is 30.3 Å². The molecule has 3 aromatic rings. The van der Waals surface area contributed by atoms with E-state index in [9.17, 15) is 4.79 Å². The van der Waals surface area contributed by atoms with Crippen molar-refractivity contribution >= 4 is 23.2 Å². The van der Waals surface area contributed by atoms with Crippen molar-refractivity contribution in [1.29, 1.82) is 0 Å². The van der Waals surface area contributed by atoms with Crippen molar-refractivity contribution in [3.05, 3.63) is 62.0 Å². The lowest BCUT2D eigenvalue weighted by atomic mass is 10.1. The van der Waals surface area contributed by atoms with Crippen molar-refractivity contribution < 1.29 is 9.47 Å². The number of rotatable bonds is 5. The smallest absolute Gasteiger partial charge is 0.368 e. The maximum atomic E-state index is 12.2. The summed E-state index contributed by atoms with van der Waals surface area (Å²) in [5.41, 5.74) is 1.62. The van der Waals surface area contributed by atoms with E-state index < -0.39 is 0 Å². The molecule has 1 aromatic heterocycles. The zero-order chi connectivity index (χ0) is 18.8. The highest BCUT2D eigenvalue weighted by molar-refractivity contribution is 6.34. The van der Waals surface area contributed by atoms with Crippen LogP contribution in [0, 0.1) is 6.92 Å². The summed E-state index contributed by atoms with van der Waals surface area (Å²) in [4.78, 5) is 12.2. The molecule has 0 aliphatic carbocycles. The molecule has 0 saturated carbocycles. The van der Waals surface area contributed by atoms with E-state index >= 15 is 0 Å². The number of aryl methyl sites for hydroxylation is 2. The van der Waals surface area contributed by atoms with Crippen LogP contribution in [0.2, 0.25) is 10.0 Å². The quantitative estimate of drug-likeness (QED) is 0.664. The van der Waals surface area contributed by atoms with Crippen molar-refractivity contribution in [3.8, 4) is 17.2 Å². The normalized spacial score (nSPS) is 10.8. The molecule has 26 heavy (non-hydrogen) atoms. The van der Waals surface area contributed by atoms with Gasteiger partial charge >= 0.3 is 5.69 Å². The van der Waals surface area contributed by atoms with Gasteiger partial charge in [0.2, 0.25) is 0 Å². The molecule has 0 amide bonds. The van der Waals surface area contributed by atoms with Crippen molar-refractivity contribution in [2.24, 2.45) is 7.05 Å². The van der Waals surface area contributed by atoms with Gasteiger partial charge in [-0.2, -0.15) is 9.36 Å². The maximum Gasteiger partial charge on any atom is 0.368 e. The largest absolute Gasteiger partial charge is 0.496 e. The number of tetrazole rings is 1. The summed E-state index contributed by atoms with van der Waals surface area (Å²) in [6.07, 6.45) is 0. The van der Waals surface area contributed by atoms with E-state index in [4.69, 9.17) is 32.7 Å². The fourth-order valence-electron chi connectivity index (χ4n) is 2.44. The minimum Gasteiger partial charge on any atom is -0.496 e. The Morgan fingerprint density at radius 2 is 1.88 bits per heavy atom. The van der Waals surface area contributed by atoms with Gasteiger partial charge in [-0.15, -0.1) is 0 Å². The first-order valence-electron chi connectivity index (χ1n) is 7.66. The molecule has 0 bridgehead atoms. The van der Waals surface area contributed by atoms with Gasteiger partial charge in [0.15, 0.2) is 0 Å². The van der Waals surface area contributed by atoms with Crippen LogP contribution in [0.5, 0.6) is 11.5 Å². The average Bonchev–Trinajstić information content (AvgIpc) is 2.95. The number of nitrogens with zero attached hydrogens (tertiary/aromatic N) is 4. The lowest BCUT2D eigenvalue weighted by molar-refractivity contribution is 0.296. The molecule has 9 heteroatoms. The van der Waals surface area contributed by atoms with Crippen LogP contribution in [0.15, 0.2) is 35.1 Å². The number of hydrogen-bond acceptors (Lipinski definition) is 5. The van der Waals surface area contributed by atoms with E-state index in [0.29, 0.717) is 32.8 Å². The Hall–Kier alpha value is -2.51. The molecule has 7 nitrogen and oxygen atoms in total. The summed E-state index contributed by atoms with van der Waals surface area (Å²) in [5.74, 6) is 0.986. The summed E-state index contributed by atoms with van der Waals surface area (Å²) < 4.78 is 13.6. The van der Waals surface area contributed by atoms with E-state index in [0.717, 1.165) is 10.2 Å². The van der Waals surface area contributed by atoms with E-state index in [2.05, 4.69) is 10.4 Å². The number of ether oxygens (including phenoxy) is 2. The Morgan fingerprint density at radius 3 is 2.54 bits per heavy atom. The molecule has 0 unspecified atom stereocenters. The monoisotopic (exact) mass is 394 g/mol. The Morgan fingerprint density at radius 1 is 1.12 bits per heavy atom. The standard InChI is InChI=1S/C17H16Cl2N4O3/c1-10-7-13(19)16(8-12(10)18)26-9-11-14(5-4-6-15(11)25-3)23-17(24)22(2)20-21-23/h4-8H,9H2,1-3H3. The van der Waals surface area contributed by atoms with Crippen molar-refractivity contribution in [3.63, 3.8) is 0 Å². The number of hydrogen-bond donors (Lipinski definition) is 0. The van der Waals surface area contributed by atoms with Gasteiger partial charge < -0.3 is 9.47 Å². The molecule has 0 fully saturated rings. The first-order chi connectivity index (χ1) is 12.4. The van der Waals surface area contributed by atoms with Gasteiger partial charge in [0.25, 0.3) is 0 Å².